The Morgan fingerprint density at radius 3 is 2.81 bits per heavy atom. The lowest BCUT2D eigenvalue weighted by Gasteiger charge is -2.34. The smallest absolute Gasteiger partial charge is 0.246 e. The van der Waals surface area contributed by atoms with Gasteiger partial charge in [0.2, 0.25) is 5.91 Å². The highest BCUT2D eigenvalue weighted by Crippen LogP contribution is 2.38. The van der Waals surface area contributed by atoms with Crippen LogP contribution in [0, 0.1) is 0 Å². The Balaban J connectivity index is 1.48. The van der Waals surface area contributed by atoms with E-state index in [0.29, 0.717) is 36.3 Å². The zero-order chi connectivity index (χ0) is 25.9. The van der Waals surface area contributed by atoms with Gasteiger partial charge >= 0.3 is 0 Å². The number of amides is 1. The van der Waals surface area contributed by atoms with E-state index in [-0.39, 0.29) is 11.4 Å². The van der Waals surface area contributed by atoms with E-state index < -0.39 is 0 Å². The number of hydrogen-bond donors (Lipinski definition) is 1. The van der Waals surface area contributed by atoms with Crippen molar-refractivity contribution >= 4 is 62.2 Å². The number of methoxy groups -OCH3 is 1. The third-order valence-electron chi connectivity index (χ3n) is 6.23. The number of halogens is 2. The van der Waals surface area contributed by atoms with Crippen molar-refractivity contribution in [2.24, 2.45) is 0 Å². The molecule has 0 radical (unpaired) electrons. The Bertz CT molecular complexity index is 1270. The molecule has 1 aromatic carbocycles. The van der Waals surface area contributed by atoms with E-state index in [1.807, 2.05) is 17.0 Å². The number of benzene rings is 1. The van der Waals surface area contributed by atoms with Gasteiger partial charge < -0.3 is 15.0 Å². The number of fused-ring (bicyclic) bond motifs is 3. The third kappa shape index (κ3) is 6.18. The number of anilines is 2. The molecular weight excluding hydrogens is 517 g/mol. The predicted octanol–water partition coefficient (Wildman–Crippen LogP) is 5.93. The van der Waals surface area contributed by atoms with Gasteiger partial charge in [-0.3, -0.25) is 9.69 Å². The van der Waals surface area contributed by atoms with Crippen LogP contribution in [0.15, 0.2) is 36.7 Å². The Hall–Kier alpha value is -2.23. The molecular formula is C26H31Cl2N5O2S. The molecule has 36 heavy (non-hydrogen) atoms. The van der Waals surface area contributed by atoms with Crippen LogP contribution in [0.5, 0.6) is 0 Å². The second-order valence-electron chi connectivity index (χ2n) is 9.68. The Kier molecular flexibility index (Phi) is 8.52. The molecule has 1 amide bonds. The number of nitrogens with one attached hydrogen (secondary N) is 1. The molecule has 2 aromatic heterocycles. The molecule has 0 spiro atoms. The van der Waals surface area contributed by atoms with Gasteiger partial charge in [-0.1, -0.05) is 29.3 Å². The van der Waals surface area contributed by atoms with Crippen LogP contribution in [0.4, 0.5) is 11.5 Å². The minimum atomic E-state index is -0.00680. The summed E-state index contributed by atoms with van der Waals surface area (Å²) in [6.07, 6.45) is 5.95. The standard InChI is InChI=1S/C26H31Cl2N5O2S/c1-26(2,3)33(12-13-35-4)10-5-6-22(34)32-11-9-18-21(15-32)36-25-23(18)24(29-16-30-25)31-17-7-8-19(27)20(28)14-17/h5-8,14,16H,9-13,15H2,1-4H3,(H,29,30,31). The summed E-state index contributed by atoms with van der Waals surface area (Å²) < 4.78 is 5.23. The SMILES string of the molecule is COCCN(CC=CC(=O)N1CCc2c(sc3ncnc(Nc4ccc(Cl)c(Cl)c4)c23)C1)C(C)(C)C. The first-order chi connectivity index (χ1) is 17.2. The van der Waals surface area contributed by atoms with Crippen LogP contribution in [0.2, 0.25) is 10.0 Å². The lowest BCUT2D eigenvalue weighted by Crippen LogP contribution is -2.43. The van der Waals surface area contributed by atoms with Crippen molar-refractivity contribution in [1.82, 2.24) is 19.8 Å². The molecule has 1 aliphatic heterocycles. The summed E-state index contributed by atoms with van der Waals surface area (Å²) in [5.41, 5.74) is 1.99. The molecule has 7 nitrogen and oxygen atoms in total. The Labute approximate surface area is 226 Å². The predicted molar refractivity (Wildman–Crippen MR) is 149 cm³/mol. The topological polar surface area (TPSA) is 70.6 Å². The van der Waals surface area contributed by atoms with Gasteiger partial charge in [0.25, 0.3) is 0 Å². The summed E-state index contributed by atoms with van der Waals surface area (Å²) in [6.45, 7) is 9.88. The average Bonchev–Trinajstić information content (AvgIpc) is 3.21. The molecule has 3 aromatic rings. The fourth-order valence-corrected chi connectivity index (χ4v) is 5.71. The molecule has 0 aliphatic carbocycles. The van der Waals surface area contributed by atoms with Crippen LogP contribution >= 0.6 is 34.5 Å². The number of nitrogens with zero attached hydrogens (tertiary/aromatic N) is 4. The first-order valence-electron chi connectivity index (χ1n) is 11.8. The van der Waals surface area contributed by atoms with E-state index in [9.17, 15) is 4.79 Å². The van der Waals surface area contributed by atoms with E-state index in [4.69, 9.17) is 27.9 Å². The van der Waals surface area contributed by atoms with Crippen LogP contribution in [0.1, 0.15) is 31.2 Å². The Morgan fingerprint density at radius 1 is 1.28 bits per heavy atom. The van der Waals surface area contributed by atoms with Gasteiger partial charge in [0, 0.05) is 48.9 Å². The summed E-state index contributed by atoms with van der Waals surface area (Å²) in [5, 5.41) is 5.34. The molecule has 192 valence electrons. The molecule has 0 saturated heterocycles. The number of rotatable bonds is 8. The molecule has 0 fully saturated rings. The van der Waals surface area contributed by atoms with E-state index in [0.717, 1.165) is 39.6 Å². The van der Waals surface area contributed by atoms with Crippen molar-refractivity contribution in [3.05, 3.63) is 57.2 Å². The summed E-state index contributed by atoms with van der Waals surface area (Å²) in [6, 6.07) is 5.40. The summed E-state index contributed by atoms with van der Waals surface area (Å²) in [4.78, 5) is 28.2. The lowest BCUT2D eigenvalue weighted by atomic mass is 10.0. The van der Waals surface area contributed by atoms with Crippen molar-refractivity contribution in [1.29, 1.82) is 0 Å². The number of ether oxygens (including phenoxy) is 1. The second-order valence-corrected chi connectivity index (χ2v) is 11.6. The zero-order valence-electron chi connectivity index (χ0n) is 21.0. The Morgan fingerprint density at radius 2 is 2.08 bits per heavy atom. The van der Waals surface area contributed by atoms with Crippen LogP contribution in [0.3, 0.4) is 0 Å². The maximum absolute atomic E-state index is 13.0. The van der Waals surface area contributed by atoms with Gasteiger partial charge in [-0.15, -0.1) is 11.3 Å². The van der Waals surface area contributed by atoms with Crippen molar-refractivity contribution in [2.75, 3.05) is 38.7 Å². The van der Waals surface area contributed by atoms with Crippen molar-refractivity contribution in [2.45, 2.75) is 39.3 Å². The van der Waals surface area contributed by atoms with E-state index in [2.05, 4.69) is 41.0 Å². The summed E-state index contributed by atoms with van der Waals surface area (Å²) in [7, 11) is 1.71. The number of carbonyl (C=O) groups excluding carboxylic acids is 1. The summed E-state index contributed by atoms with van der Waals surface area (Å²) >= 11 is 13.9. The molecule has 10 heteroatoms. The van der Waals surface area contributed by atoms with E-state index in [1.165, 1.54) is 5.56 Å². The normalized spacial score (nSPS) is 14.1. The van der Waals surface area contributed by atoms with E-state index in [1.54, 1.807) is 43.0 Å². The fourth-order valence-electron chi connectivity index (χ4n) is 4.21. The van der Waals surface area contributed by atoms with Gasteiger partial charge in [-0.05, 0) is 51.0 Å². The van der Waals surface area contributed by atoms with E-state index >= 15 is 0 Å². The van der Waals surface area contributed by atoms with Gasteiger partial charge in [0.15, 0.2) is 0 Å². The van der Waals surface area contributed by atoms with Crippen molar-refractivity contribution in [3.8, 4) is 0 Å². The molecule has 1 aliphatic rings. The molecule has 3 heterocycles. The van der Waals surface area contributed by atoms with Gasteiger partial charge in [-0.2, -0.15) is 0 Å². The minimum absolute atomic E-state index is 0.00680. The third-order valence-corrected chi connectivity index (χ3v) is 8.09. The molecule has 0 unspecified atom stereocenters. The first-order valence-corrected chi connectivity index (χ1v) is 13.4. The molecule has 0 saturated carbocycles. The van der Waals surface area contributed by atoms with Crippen LogP contribution in [-0.2, 0) is 22.5 Å². The maximum atomic E-state index is 13.0. The van der Waals surface area contributed by atoms with Crippen LogP contribution in [0.25, 0.3) is 10.2 Å². The molecule has 1 N–H and O–H groups in total. The minimum Gasteiger partial charge on any atom is -0.383 e. The number of hydrogen-bond acceptors (Lipinski definition) is 7. The van der Waals surface area contributed by atoms with Crippen molar-refractivity contribution in [3.63, 3.8) is 0 Å². The quantitative estimate of drug-likeness (QED) is 0.352. The number of carbonyl (C=O) groups is 1. The second kappa shape index (κ2) is 11.4. The van der Waals surface area contributed by atoms with Gasteiger partial charge in [-0.25, -0.2) is 9.97 Å². The maximum Gasteiger partial charge on any atom is 0.246 e. The highest BCUT2D eigenvalue weighted by Gasteiger charge is 2.26. The molecule has 0 bridgehead atoms. The monoisotopic (exact) mass is 547 g/mol. The fraction of sp³-hybridized carbons (Fsp3) is 0.423. The van der Waals surface area contributed by atoms with Gasteiger partial charge in [0.1, 0.15) is 17.0 Å². The van der Waals surface area contributed by atoms with Crippen LogP contribution < -0.4 is 5.32 Å². The number of aromatic nitrogens is 2. The zero-order valence-corrected chi connectivity index (χ0v) is 23.3. The lowest BCUT2D eigenvalue weighted by molar-refractivity contribution is -0.126. The highest BCUT2D eigenvalue weighted by molar-refractivity contribution is 7.19. The van der Waals surface area contributed by atoms with Crippen LogP contribution in [-0.4, -0.2) is 64.6 Å². The summed E-state index contributed by atoms with van der Waals surface area (Å²) in [5.74, 6) is 0.757. The highest BCUT2D eigenvalue weighted by atomic mass is 35.5. The number of thiophene rings is 1. The largest absolute Gasteiger partial charge is 0.383 e. The molecule has 0 atom stereocenters. The molecule has 4 rings (SSSR count). The first kappa shape index (κ1) is 26.8. The average molecular weight is 549 g/mol. The van der Waals surface area contributed by atoms with Gasteiger partial charge in [0.05, 0.1) is 28.6 Å². The van der Waals surface area contributed by atoms with Crippen molar-refractivity contribution < 1.29 is 9.53 Å².